The number of benzene rings is 1. The van der Waals surface area contributed by atoms with Crippen molar-refractivity contribution in [2.24, 2.45) is 5.92 Å². The Balaban J connectivity index is 1.94. The van der Waals surface area contributed by atoms with Crippen LogP contribution in [0.5, 0.6) is 0 Å². The van der Waals surface area contributed by atoms with Crippen LogP contribution in [-0.4, -0.2) is 41.7 Å². The zero-order valence-electron chi connectivity index (χ0n) is 11.8. The van der Waals surface area contributed by atoms with Gasteiger partial charge in [0.2, 0.25) is 0 Å². The van der Waals surface area contributed by atoms with Crippen LogP contribution < -0.4 is 5.32 Å². The van der Waals surface area contributed by atoms with Gasteiger partial charge in [-0.2, -0.15) is 0 Å². The molecular weight excluding hydrogens is 292 g/mol. The molecule has 1 aliphatic rings. The Bertz CT molecular complexity index is 565. The fraction of sp³-hybridized carbons (Fsp3) is 0.429. The van der Waals surface area contributed by atoms with Crippen LogP contribution >= 0.6 is 0 Å². The van der Waals surface area contributed by atoms with Crippen molar-refractivity contribution in [3.63, 3.8) is 0 Å². The minimum atomic E-state index is -1.33. The molecule has 0 bridgehead atoms. The molecule has 118 valence electrons. The van der Waals surface area contributed by atoms with Crippen molar-refractivity contribution in [2.45, 2.75) is 12.8 Å². The van der Waals surface area contributed by atoms with Crippen LogP contribution in [0.25, 0.3) is 0 Å². The highest BCUT2D eigenvalue weighted by Crippen LogP contribution is 2.28. The fourth-order valence-electron chi connectivity index (χ4n) is 1.84. The smallest absolute Gasteiger partial charge is 0.335 e. The van der Waals surface area contributed by atoms with E-state index in [1.54, 1.807) is 0 Å². The molecule has 0 spiro atoms. The number of carbonyl (C=O) groups is 2. The van der Waals surface area contributed by atoms with Crippen LogP contribution in [0, 0.1) is 16.0 Å². The molecule has 0 unspecified atom stereocenters. The monoisotopic (exact) mass is 308 g/mol. The Morgan fingerprint density at radius 1 is 1.32 bits per heavy atom. The molecule has 0 aliphatic heterocycles. The molecule has 0 radical (unpaired) electrons. The van der Waals surface area contributed by atoms with E-state index in [-0.39, 0.29) is 17.7 Å². The molecule has 1 aromatic rings. The Kier molecular flexibility index (Phi) is 5.05. The van der Waals surface area contributed by atoms with Crippen molar-refractivity contribution in [3.8, 4) is 0 Å². The van der Waals surface area contributed by atoms with Gasteiger partial charge >= 0.3 is 5.97 Å². The summed E-state index contributed by atoms with van der Waals surface area (Å²) in [7, 11) is 0. The molecule has 1 fully saturated rings. The van der Waals surface area contributed by atoms with Crippen molar-refractivity contribution < 1.29 is 24.4 Å². The quantitative estimate of drug-likeness (QED) is 0.426. The Morgan fingerprint density at radius 2 is 2.00 bits per heavy atom. The second-order valence-electron chi connectivity index (χ2n) is 5.11. The zero-order valence-corrected chi connectivity index (χ0v) is 11.8. The number of amides is 1. The number of carboxylic acid groups (broad SMARTS) is 1. The molecule has 1 amide bonds. The summed E-state index contributed by atoms with van der Waals surface area (Å²) in [6, 6.07) is 3.07. The Hall–Kier alpha value is -2.48. The zero-order chi connectivity index (χ0) is 16.1. The second kappa shape index (κ2) is 6.99. The van der Waals surface area contributed by atoms with Gasteiger partial charge in [-0.3, -0.25) is 14.9 Å². The second-order valence-corrected chi connectivity index (χ2v) is 5.11. The SMILES string of the molecule is O=C(O)c1cc(C(=O)NCCOCC2CC2)cc([N+](=O)[O-])c1. The molecule has 2 rings (SSSR count). The number of nitro groups is 1. The van der Waals surface area contributed by atoms with Crippen LogP contribution in [0.1, 0.15) is 33.6 Å². The molecule has 2 N–H and O–H groups in total. The first-order chi connectivity index (χ1) is 10.5. The third-order valence-corrected chi connectivity index (χ3v) is 3.22. The summed E-state index contributed by atoms with van der Waals surface area (Å²) in [6.07, 6.45) is 2.36. The number of rotatable bonds is 8. The third kappa shape index (κ3) is 4.52. The summed E-state index contributed by atoms with van der Waals surface area (Å²) in [6.45, 7) is 1.29. The van der Waals surface area contributed by atoms with Crippen LogP contribution in [0.15, 0.2) is 18.2 Å². The summed E-state index contributed by atoms with van der Waals surface area (Å²) in [5.74, 6) is -1.27. The van der Waals surface area contributed by atoms with Gasteiger partial charge in [0.15, 0.2) is 0 Å². The van der Waals surface area contributed by atoms with Crippen LogP contribution in [0.3, 0.4) is 0 Å². The number of aromatic carboxylic acids is 1. The van der Waals surface area contributed by atoms with Gasteiger partial charge < -0.3 is 15.2 Å². The Morgan fingerprint density at radius 3 is 2.59 bits per heavy atom. The van der Waals surface area contributed by atoms with Gasteiger partial charge in [0.25, 0.3) is 11.6 Å². The van der Waals surface area contributed by atoms with Crippen LogP contribution in [-0.2, 0) is 4.74 Å². The van der Waals surface area contributed by atoms with Crippen molar-refractivity contribution in [3.05, 3.63) is 39.4 Å². The van der Waals surface area contributed by atoms with Gasteiger partial charge in [0, 0.05) is 30.8 Å². The molecule has 1 aliphatic carbocycles. The fourth-order valence-corrected chi connectivity index (χ4v) is 1.84. The maximum absolute atomic E-state index is 11.9. The first kappa shape index (κ1) is 15.9. The third-order valence-electron chi connectivity index (χ3n) is 3.22. The van der Waals surface area contributed by atoms with E-state index < -0.39 is 22.5 Å². The summed E-state index contributed by atoms with van der Waals surface area (Å²) in [5, 5.41) is 22.3. The van der Waals surface area contributed by atoms with E-state index in [2.05, 4.69) is 5.32 Å². The summed E-state index contributed by atoms with van der Waals surface area (Å²) < 4.78 is 5.35. The average molecular weight is 308 g/mol. The molecule has 0 aromatic heterocycles. The first-order valence-corrected chi connectivity index (χ1v) is 6.86. The molecule has 8 heteroatoms. The number of nitro benzene ring substituents is 1. The number of ether oxygens (including phenoxy) is 1. The number of hydrogen-bond donors (Lipinski definition) is 2. The predicted octanol–water partition coefficient (Wildman–Crippen LogP) is 1.45. The minimum absolute atomic E-state index is 0.0613. The van der Waals surface area contributed by atoms with Gasteiger partial charge in [0.05, 0.1) is 17.1 Å². The molecule has 1 aromatic carbocycles. The van der Waals surface area contributed by atoms with Crippen LogP contribution in [0.4, 0.5) is 5.69 Å². The maximum atomic E-state index is 11.9. The van der Waals surface area contributed by atoms with E-state index in [0.29, 0.717) is 19.1 Å². The number of carbonyl (C=O) groups excluding carboxylic acids is 1. The lowest BCUT2D eigenvalue weighted by atomic mass is 10.1. The van der Waals surface area contributed by atoms with Gasteiger partial charge in [-0.25, -0.2) is 4.79 Å². The van der Waals surface area contributed by atoms with E-state index in [4.69, 9.17) is 9.84 Å². The maximum Gasteiger partial charge on any atom is 0.335 e. The number of carboxylic acids is 1. The lowest BCUT2D eigenvalue weighted by Crippen LogP contribution is -2.27. The van der Waals surface area contributed by atoms with Crippen molar-refractivity contribution >= 4 is 17.6 Å². The number of hydrogen-bond acceptors (Lipinski definition) is 5. The minimum Gasteiger partial charge on any atom is -0.478 e. The Labute approximate surface area is 126 Å². The van der Waals surface area contributed by atoms with Crippen molar-refractivity contribution in [2.75, 3.05) is 19.8 Å². The predicted molar refractivity (Wildman–Crippen MR) is 75.9 cm³/mol. The number of non-ortho nitro benzene ring substituents is 1. The lowest BCUT2D eigenvalue weighted by Gasteiger charge is -2.07. The van der Waals surface area contributed by atoms with E-state index in [1.165, 1.54) is 12.8 Å². The molecule has 0 heterocycles. The van der Waals surface area contributed by atoms with E-state index >= 15 is 0 Å². The van der Waals surface area contributed by atoms with E-state index in [0.717, 1.165) is 18.2 Å². The summed E-state index contributed by atoms with van der Waals surface area (Å²) in [4.78, 5) is 32.9. The largest absolute Gasteiger partial charge is 0.478 e. The standard InChI is InChI=1S/C14H16N2O6/c17-13(15-3-4-22-8-9-1-2-9)10-5-11(14(18)19)7-12(6-10)16(20)21/h5-7,9H,1-4,8H2,(H,15,17)(H,18,19). The number of nitrogens with one attached hydrogen (secondary N) is 1. The van der Waals surface area contributed by atoms with Crippen LogP contribution in [0.2, 0.25) is 0 Å². The van der Waals surface area contributed by atoms with Crippen molar-refractivity contribution in [1.29, 1.82) is 0 Å². The highest BCUT2D eigenvalue weighted by molar-refractivity contribution is 5.98. The lowest BCUT2D eigenvalue weighted by molar-refractivity contribution is -0.384. The highest BCUT2D eigenvalue weighted by atomic mass is 16.6. The topological polar surface area (TPSA) is 119 Å². The summed E-state index contributed by atoms with van der Waals surface area (Å²) >= 11 is 0. The first-order valence-electron chi connectivity index (χ1n) is 6.86. The normalized spacial score (nSPS) is 13.6. The number of nitrogens with zero attached hydrogens (tertiary/aromatic N) is 1. The molecule has 0 saturated heterocycles. The molecule has 8 nitrogen and oxygen atoms in total. The molecule has 22 heavy (non-hydrogen) atoms. The van der Waals surface area contributed by atoms with Gasteiger partial charge in [-0.1, -0.05) is 0 Å². The van der Waals surface area contributed by atoms with Crippen molar-refractivity contribution in [1.82, 2.24) is 5.32 Å². The highest BCUT2D eigenvalue weighted by Gasteiger charge is 2.21. The molecule has 1 saturated carbocycles. The summed E-state index contributed by atoms with van der Waals surface area (Å²) in [5.41, 5.74) is -0.798. The molecule has 0 atom stereocenters. The van der Waals surface area contributed by atoms with E-state index in [9.17, 15) is 19.7 Å². The molecular formula is C14H16N2O6. The van der Waals surface area contributed by atoms with Gasteiger partial charge in [-0.05, 0) is 24.8 Å². The average Bonchev–Trinajstić information content (AvgIpc) is 3.30. The van der Waals surface area contributed by atoms with Gasteiger partial charge in [0.1, 0.15) is 0 Å². The van der Waals surface area contributed by atoms with E-state index in [1.807, 2.05) is 0 Å². The van der Waals surface area contributed by atoms with Gasteiger partial charge in [-0.15, -0.1) is 0 Å².